The molecule has 0 aromatic heterocycles. The van der Waals surface area contributed by atoms with Gasteiger partial charge in [-0.25, -0.2) is 0 Å². The van der Waals surface area contributed by atoms with E-state index in [1.54, 1.807) is 13.0 Å². The number of allylic oxidation sites excluding steroid dienone is 15. The number of hydrogen-bond donors (Lipinski definition) is 0. The van der Waals surface area contributed by atoms with Gasteiger partial charge in [0.25, 0.3) is 0 Å². The van der Waals surface area contributed by atoms with Gasteiger partial charge in [-0.3, -0.25) is 4.79 Å². The third-order valence-corrected chi connectivity index (χ3v) is 5.47. The van der Waals surface area contributed by atoms with Crippen molar-refractivity contribution < 1.29 is 9.53 Å². The molecule has 0 radical (unpaired) electrons. The smallest absolute Gasteiger partial charge is 0.195 e. The lowest BCUT2D eigenvalue weighted by Crippen LogP contribution is -2.20. The molecule has 2 nitrogen and oxygen atoms in total. The predicted molar refractivity (Wildman–Crippen MR) is 159 cm³/mol. The predicted octanol–water partition coefficient (Wildman–Crippen LogP) is 10.1. The summed E-state index contributed by atoms with van der Waals surface area (Å²) in [5, 5.41) is 0. The Morgan fingerprint density at radius 2 is 1.57 bits per heavy atom. The van der Waals surface area contributed by atoms with E-state index in [1.807, 2.05) is 64.2 Å². The van der Waals surface area contributed by atoms with E-state index < -0.39 is 0 Å². The molecule has 0 aliphatic heterocycles. The van der Waals surface area contributed by atoms with E-state index in [0.29, 0.717) is 16.9 Å². The summed E-state index contributed by atoms with van der Waals surface area (Å²) in [4.78, 5) is 10.7. The van der Waals surface area contributed by atoms with Crippen LogP contribution in [0.4, 0.5) is 0 Å². The topological polar surface area (TPSA) is 26.3 Å². The van der Waals surface area contributed by atoms with Crippen LogP contribution in [0.5, 0.6) is 0 Å². The summed E-state index contributed by atoms with van der Waals surface area (Å²) in [5.74, 6) is 0.673. The van der Waals surface area contributed by atoms with Crippen LogP contribution in [0, 0.1) is 0 Å². The van der Waals surface area contributed by atoms with Gasteiger partial charge < -0.3 is 4.74 Å². The SMILES string of the molecule is C.C=C1C(=O)C(C)=C1OC.C=CC(C)=CC.C=CC1=C(C)C(=CC)CCC1.C=CC=C(C)C=CC. The van der Waals surface area contributed by atoms with Crippen LogP contribution in [0.15, 0.2) is 120 Å². The molecule has 0 aromatic carbocycles. The van der Waals surface area contributed by atoms with Crippen molar-refractivity contribution in [1.29, 1.82) is 0 Å². The van der Waals surface area contributed by atoms with E-state index in [9.17, 15) is 4.79 Å². The van der Waals surface area contributed by atoms with Gasteiger partial charge in [0.15, 0.2) is 5.78 Å². The summed E-state index contributed by atoms with van der Waals surface area (Å²) in [6.07, 6.45) is 19.6. The highest BCUT2D eigenvalue weighted by Gasteiger charge is 2.28. The first-order chi connectivity index (χ1) is 16.1. The van der Waals surface area contributed by atoms with E-state index >= 15 is 0 Å². The standard InChI is InChI=1S/C11H16.C8H12.C7H8O2.C6H10.CH4/c1-4-10-7-6-8-11(5-2)9(10)3;1-4-6-8(3)7-5-2;1-4-6(8)5(2)7(4)9-3;1-4-6(3)5-2;/h4-5H,1,6-8H2,2-3H3;4-7H,1H2,2-3H3;1H2,2-3H3;4-5H,1H2,2-3H3;1H4. The van der Waals surface area contributed by atoms with Gasteiger partial charge in [0.2, 0.25) is 0 Å². The molecule has 194 valence electrons. The summed E-state index contributed by atoms with van der Waals surface area (Å²) < 4.78 is 4.84. The lowest BCUT2D eigenvalue weighted by Gasteiger charge is -2.19. The largest absolute Gasteiger partial charge is 0.496 e. The number of carbonyl (C=O) groups excluding carboxylic acids is 1. The zero-order valence-corrected chi connectivity index (χ0v) is 22.9. The molecule has 0 unspecified atom stereocenters. The van der Waals surface area contributed by atoms with E-state index in [0.717, 1.165) is 0 Å². The summed E-state index contributed by atoms with van der Waals surface area (Å²) in [5.41, 5.74) is 8.04. The van der Waals surface area contributed by atoms with Crippen LogP contribution in [-0.4, -0.2) is 12.9 Å². The van der Waals surface area contributed by atoms with Crippen LogP contribution < -0.4 is 0 Å². The van der Waals surface area contributed by atoms with Crippen molar-refractivity contribution in [3.63, 3.8) is 0 Å². The Morgan fingerprint density at radius 1 is 0.971 bits per heavy atom. The van der Waals surface area contributed by atoms with Crippen LogP contribution >= 0.6 is 0 Å². The molecule has 0 aromatic rings. The fourth-order valence-corrected chi connectivity index (χ4v) is 3.16. The third kappa shape index (κ3) is 14.0. The minimum Gasteiger partial charge on any atom is -0.496 e. The second kappa shape index (κ2) is 21.4. The van der Waals surface area contributed by atoms with Crippen LogP contribution in [0.25, 0.3) is 0 Å². The van der Waals surface area contributed by atoms with Crippen LogP contribution in [0.1, 0.15) is 75.2 Å². The zero-order chi connectivity index (χ0) is 26.7. The average molecular weight is 479 g/mol. The number of ether oxygens (including phenoxy) is 1. The molecule has 2 aliphatic carbocycles. The molecule has 0 N–H and O–H groups in total. The van der Waals surface area contributed by atoms with Crippen molar-refractivity contribution in [3.05, 3.63) is 120 Å². The van der Waals surface area contributed by atoms with Crippen molar-refractivity contribution >= 4 is 5.78 Å². The van der Waals surface area contributed by atoms with Gasteiger partial charge in [-0.2, -0.15) is 0 Å². The van der Waals surface area contributed by atoms with Crippen molar-refractivity contribution in [2.45, 2.75) is 75.2 Å². The van der Waals surface area contributed by atoms with Gasteiger partial charge in [0.1, 0.15) is 5.76 Å². The monoisotopic (exact) mass is 478 g/mol. The normalized spacial score (nSPS) is 16.5. The van der Waals surface area contributed by atoms with Gasteiger partial charge in [-0.15, -0.1) is 0 Å². The summed E-state index contributed by atoms with van der Waals surface area (Å²) >= 11 is 0. The lowest BCUT2D eigenvalue weighted by atomic mass is 9.88. The van der Waals surface area contributed by atoms with Crippen LogP contribution in [0.2, 0.25) is 0 Å². The molecule has 0 spiro atoms. The Kier molecular flexibility index (Phi) is 22.3. The number of ketones is 1. The van der Waals surface area contributed by atoms with Gasteiger partial charge >= 0.3 is 0 Å². The molecule has 35 heavy (non-hydrogen) atoms. The molecule has 2 rings (SSSR count). The van der Waals surface area contributed by atoms with Crippen molar-refractivity contribution in [1.82, 2.24) is 0 Å². The minimum absolute atomic E-state index is 0. The van der Waals surface area contributed by atoms with Crippen molar-refractivity contribution in [2.75, 3.05) is 7.11 Å². The maximum Gasteiger partial charge on any atom is 0.195 e. The summed E-state index contributed by atoms with van der Waals surface area (Å²) in [6.45, 7) is 28.6. The molecule has 2 heteroatoms. The quantitative estimate of drug-likeness (QED) is 0.290. The Morgan fingerprint density at radius 3 is 1.89 bits per heavy atom. The molecule has 0 fully saturated rings. The Labute approximate surface area is 217 Å². The van der Waals surface area contributed by atoms with Gasteiger partial charge in [0.05, 0.1) is 12.7 Å². The summed E-state index contributed by atoms with van der Waals surface area (Å²) in [6, 6.07) is 0. The first kappa shape index (κ1) is 36.4. The van der Waals surface area contributed by atoms with E-state index in [1.165, 1.54) is 54.2 Å². The Balaban J connectivity index is -0.000000396. The Bertz CT molecular complexity index is 909. The van der Waals surface area contributed by atoms with Gasteiger partial charge in [-0.05, 0) is 84.4 Å². The van der Waals surface area contributed by atoms with Gasteiger partial charge in [-0.1, -0.05) is 93.5 Å². The number of Topliss-reactive ketones (excluding diaryl/α,β-unsaturated/α-hetero) is 1. The Hall–Kier alpha value is -3.13. The molecular weight excluding hydrogens is 428 g/mol. The number of rotatable bonds is 5. The molecule has 2 aliphatic rings. The van der Waals surface area contributed by atoms with E-state index in [4.69, 9.17) is 4.74 Å². The van der Waals surface area contributed by atoms with E-state index in [-0.39, 0.29) is 13.2 Å². The minimum atomic E-state index is 0. The lowest BCUT2D eigenvalue weighted by molar-refractivity contribution is -0.113. The molecule has 0 saturated heterocycles. The highest BCUT2D eigenvalue weighted by Crippen LogP contribution is 2.29. The molecule has 0 saturated carbocycles. The average Bonchev–Trinajstić information content (AvgIpc) is 2.85. The van der Waals surface area contributed by atoms with Crippen molar-refractivity contribution in [2.24, 2.45) is 0 Å². The number of hydrogen-bond acceptors (Lipinski definition) is 2. The molecule has 0 heterocycles. The van der Waals surface area contributed by atoms with E-state index in [2.05, 4.69) is 46.2 Å². The summed E-state index contributed by atoms with van der Waals surface area (Å²) in [7, 11) is 1.54. The first-order valence-corrected chi connectivity index (χ1v) is 11.7. The van der Waals surface area contributed by atoms with Crippen LogP contribution in [0.3, 0.4) is 0 Å². The second-order valence-electron chi connectivity index (χ2n) is 7.87. The number of methoxy groups -OCH3 is 1. The second-order valence-corrected chi connectivity index (χ2v) is 7.87. The highest BCUT2D eigenvalue weighted by molar-refractivity contribution is 6.18. The zero-order valence-electron chi connectivity index (χ0n) is 22.9. The maximum atomic E-state index is 10.7. The molecular formula is C33H50O2. The third-order valence-electron chi connectivity index (χ3n) is 5.47. The first-order valence-electron chi connectivity index (χ1n) is 11.7. The van der Waals surface area contributed by atoms with Gasteiger partial charge in [0, 0.05) is 5.57 Å². The number of carbonyl (C=O) groups is 1. The van der Waals surface area contributed by atoms with Crippen molar-refractivity contribution in [3.8, 4) is 0 Å². The highest BCUT2D eigenvalue weighted by atomic mass is 16.5. The maximum absolute atomic E-state index is 10.7. The molecule has 0 atom stereocenters. The fourth-order valence-electron chi connectivity index (χ4n) is 3.16. The van der Waals surface area contributed by atoms with Crippen LogP contribution in [-0.2, 0) is 9.53 Å². The fraction of sp³-hybridized carbons (Fsp3) is 0.364. The molecule has 0 amide bonds. The molecule has 0 bridgehead atoms.